The number of amides is 3. The van der Waals surface area contributed by atoms with Gasteiger partial charge in [0.05, 0.1) is 11.5 Å². The number of piperazine rings is 1. The molecule has 38 heavy (non-hydrogen) atoms. The number of carbonyl (C=O) groups excluding carboxylic acids is 3. The van der Waals surface area contributed by atoms with E-state index in [0.717, 1.165) is 50.0 Å². The highest BCUT2D eigenvalue weighted by Crippen LogP contribution is 2.29. The highest BCUT2D eigenvalue weighted by Gasteiger charge is 2.30. The van der Waals surface area contributed by atoms with Crippen LogP contribution in [0.2, 0.25) is 0 Å². The van der Waals surface area contributed by atoms with Crippen molar-refractivity contribution in [1.82, 2.24) is 9.80 Å². The zero-order valence-electron chi connectivity index (χ0n) is 23.1. The number of nitrogens with zero attached hydrogens (tertiary/aromatic N) is 3. The van der Waals surface area contributed by atoms with Crippen LogP contribution in [0, 0.1) is 5.92 Å². The molecule has 2 aliphatic rings. The lowest BCUT2D eigenvalue weighted by Gasteiger charge is -2.38. The van der Waals surface area contributed by atoms with Crippen LogP contribution in [-0.2, 0) is 9.59 Å². The summed E-state index contributed by atoms with van der Waals surface area (Å²) in [6, 6.07) is 15.7. The van der Waals surface area contributed by atoms with E-state index in [4.69, 9.17) is 0 Å². The Morgan fingerprint density at radius 1 is 0.842 bits per heavy atom. The Balaban J connectivity index is 1.50. The second kappa shape index (κ2) is 12.9. The van der Waals surface area contributed by atoms with Gasteiger partial charge in [0.1, 0.15) is 0 Å². The highest BCUT2D eigenvalue weighted by molar-refractivity contribution is 6.02. The molecule has 0 bridgehead atoms. The molecule has 7 nitrogen and oxygen atoms in total. The zero-order chi connectivity index (χ0) is 27.1. The van der Waals surface area contributed by atoms with Crippen molar-refractivity contribution in [1.29, 1.82) is 0 Å². The van der Waals surface area contributed by atoms with E-state index in [0.29, 0.717) is 43.9 Å². The quantitative estimate of drug-likeness (QED) is 0.525. The molecule has 4 rings (SSSR count). The second-order valence-electron chi connectivity index (χ2n) is 10.9. The van der Waals surface area contributed by atoms with Crippen LogP contribution in [0.4, 0.5) is 11.4 Å². The van der Waals surface area contributed by atoms with E-state index in [1.54, 1.807) is 0 Å². The van der Waals surface area contributed by atoms with E-state index < -0.39 is 0 Å². The van der Waals surface area contributed by atoms with E-state index in [1.165, 1.54) is 0 Å². The predicted molar refractivity (Wildman–Crippen MR) is 153 cm³/mol. The molecule has 0 spiro atoms. The highest BCUT2D eigenvalue weighted by atomic mass is 16.2. The van der Waals surface area contributed by atoms with Gasteiger partial charge in [-0.15, -0.1) is 0 Å². The van der Waals surface area contributed by atoms with Crippen LogP contribution in [0.25, 0.3) is 0 Å². The van der Waals surface area contributed by atoms with Gasteiger partial charge in [0.25, 0.3) is 5.91 Å². The SMILES string of the molecule is CC[C@@H](C(=O)N1CCN(c2ccc(NC(=O)CC(C)C)cc2C(=O)N2CCCCC2)CC1)c1ccccc1. The van der Waals surface area contributed by atoms with Crippen LogP contribution in [0.3, 0.4) is 0 Å². The molecule has 1 N–H and O–H groups in total. The number of piperidine rings is 1. The van der Waals surface area contributed by atoms with Crippen molar-refractivity contribution in [2.45, 2.75) is 58.8 Å². The zero-order valence-corrected chi connectivity index (χ0v) is 23.1. The average molecular weight is 519 g/mol. The summed E-state index contributed by atoms with van der Waals surface area (Å²) in [5.74, 6) is 0.282. The lowest BCUT2D eigenvalue weighted by molar-refractivity contribution is -0.133. The first-order chi connectivity index (χ1) is 18.4. The van der Waals surface area contributed by atoms with Crippen LogP contribution < -0.4 is 10.2 Å². The van der Waals surface area contributed by atoms with Crippen molar-refractivity contribution in [2.24, 2.45) is 5.92 Å². The maximum absolute atomic E-state index is 13.7. The van der Waals surface area contributed by atoms with Gasteiger partial charge in [0.15, 0.2) is 0 Å². The maximum atomic E-state index is 13.7. The number of anilines is 2. The average Bonchev–Trinajstić information content (AvgIpc) is 2.93. The van der Waals surface area contributed by atoms with Crippen LogP contribution in [0.1, 0.15) is 74.7 Å². The van der Waals surface area contributed by atoms with Crippen molar-refractivity contribution < 1.29 is 14.4 Å². The summed E-state index contributed by atoms with van der Waals surface area (Å²) in [5.41, 5.74) is 3.23. The van der Waals surface area contributed by atoms with Crippen molar-refractivity contribution in [2.75, 3.05) is 49.5 Å². The summed E-state index contributed by atoms with van der Waals surface area (Å²) >= 11 is 0. The molecule has 2 fully saturated rings. The van der Waals surface area contributed by atoms with E-state index in [9.17, 15) is 14.4 Å². The fourth-order valence-corrected chi connectivity index (χ4v) is 5.54. The Morgan fingerprint density at radius 3 is 2.16 bits per heavy atom. The van der Waals surface area contributed by atoms with Crippen molar-refractivity contribution in [3.63, 3.8) is 0 Å². The van der Waals surface area contributed by atoms with Gasteiger partial charge in [-0.1, -0.05) is 51.1 Å². The number of carbonyl (C=O) groups is 3. The molecule has 0 aromatic heterocycles. The van der Waals surface area contributed by atoms with Crippen LogP contribution in [-0.4, -0.2) is 66.8 Å². The summed E-state index contributed by atoms with van der Waals surface area (Å²) in [7, 11) is 0. The number of benzene rings is 2. The van der Waals surface area contributed by atoms with Crippen molar-refractivity contribution >= 4 is 29.1 Å². The molecule has 204 valence electrons. The van der Waals surface area contributed by atoms with E-state index in [1.807, 2.05) is 72.2 Å². The maximum Gasteiger partial charge on any atom is 0.256 e. The molecular weight excluding hydrogens is 476 g/mol. The Hall–Kier alpha value is -3.35. The molecular formula is C31H42N4O3. The Labute approximate surface area is 227 Å². The van der Waals surface area contributed by atoms with Gasteiger partial charge < -0.3 is 20.0 Å². The minimum absolute atomic E-state index is 0.0216. The lowest BCUT2D eigenvalue weighted by atomic mass is 9.94. The molecule has 2 aromatic carbocycles. The molecule has 0 saturated carbocycles. The van der Waals surface area contributed by atoms with Crippen molar-refractivity contribution in [3.8, 4) is 0 Å². The minimum atomic E-state index is -0.132. The first kappa shape index (κ1) is 27.7. The van der Waals surface area contributed by atoms with E-state index in [-0.39, 0.29) is 29.6 Å². The molecule has 1 atom stereocenters. The largest absolute Gasteiger partial charge is 0.367 e. The van der Waals surface area contributed by atoms with Crippen LogP contribution >= 0.6 is 0 Å². The first-order valence-corrected chi connectivity index (χ1v) is 14.2. The normalized spacial score (nSPS) is 16.9. The molecule has 2 aliphatic heterocycles. The third kappa shape index (κ3) is 6.74. The number of rotatable bonds is 8. The van der Waals surface area contributed by atoms with Gasteiger partial charge >= 0.3 is 0 Å². The molecule has 2 saturated heterocycles. The van der Waals surface area contributed by atoms with E-state index in [2.05, 4.69) is 17.1 Å². The predicted octanol–water partition coefficient (Wildman–Crippen LogP) is 5.14. The monoisotopic (exact) mass is 518 g/mol. The third-order valence-corrected chi connectivity index (χ3v) is 7.59. The number of hydrogen-bond acceptors (Lipinski definition) is 4. The van der Waals surface area contributed by atoms with Gasteiger partial charge in [-0.05, 0) is 55.4 Å². The topological polar surface area (TPSA) is 73.0 Å². The lowest BCUT2D eigenvalue weighted by Crippen LogP contribution is -2.50. The van der Waals surface area contributed by atoms with Gasteiger partial charge in [-0.3, -0.25) is 14.4 Å². The summed E-state index contributed by atoms with van der Waals surface area (Å²) in [5, 5.41) is 2.98. The van der Waals surface area contributed by atoms with Gasteiger partial charge in [-0.2, -0.15) is 0 Å². The summed E-state index contributed by atoms with van der Waals surface area (Å²) < 4.78 is 0. The van der Waals surface area contributed by atoms with Crippen LogP contribution in [0.5, 0.6) is 0 Å². The third-order valence-electron chi connectivity index (χ3n) is 7.59. The fourth-order valence-electron chi connectivity index (χ4n) is 5.54. The molecule has 7 heteroatoms. The number of hydrogen-bond donors (Lipinski definition) is 1. The summed E-state index contributed by atoms with van der Waals surface area (Å²) in [6.07, 6.45) is 4.40. The smallest absolute Gasteiger partial charge is 0.256 e. The Morgan fingerprint density at radius 2 is 1.53 bits per heavy atom. The Kier molecular flexibility index (Phi) is 9.43. The van der Waals surface area contributed by atoms with Gasteiger partial charge in [0.2, 0.25) is 11.8 Å². The molecule has 0 unspecified atom stereocenters. The standard InChI is InChI=1S/C31H42N4O3/c1-4-26(24-11-7-5-8-12-24)30(37)35-19-17-33(18-20-35)28-14-13-25(32-29(36)21-23(2)3)22-27(28)31(38)34-15-9-6-10-16-34/h5,7-8,11-14,22-23,26H,4,6,9-10,15-21H2,1-3H3,(H,32,36)/t26-/m1/s1. The molecule has 0 radical (unpaired) electrons. The van der Waals surface area contributed by atoms with Gasteiger partial charge in [-0.25, -0.2) is 0 Å². The fraction of sp³-hybridized carbons (Fsp3) is 0.516. The Bertz CT molecular complexity index is 1100. The van der Waals surface area contributed by atoms with Crippen molar-refractivity contribution in [3.05, 3.63) is 59.7 Å². The molecule has 2 heterocycles. The first-order valence-electron chi connectivity index (χ1n) is 14.2. The summed E-state index contributed by atoms with van der Waals surface area (Å²) in [6.45, 7) is 10.2. The molecule has 2 aromatic rings. The second-order valence-corrected chi connectivity index (χ2v) is 10.9. The minimum Gasteiger partial charge on any atom is -0.367 e. The van der Waals surface area contributed by atoms with Crippen LogP contribution in [0.15, 0.2) is 48.5 Å². The summed E-state index contributed by atoms with van der Waals surface area (Å²) in [4.78, 5) is 45.6. The van der Waals surface area contributed by atoms with Gasteiger partial charge in [0, 0.05) is 57.1 Å². The number of nitrogens with one attached hydrogen (secondary N) is 1. The molecule has 3 amide bonds. The molecule has 0 aliphatic carbocycles. The number of likely N-dealkylation sites (tertiary alicyclic amines) is 1. The van der Waals surface area contributed by atoms with E-state index >= 15 is 0 Å².